The Hall–Kier alpha value is -3.57. The van der Waals surface area contributed by atoms with E-state index in [0.29, 0.717) is 30.4 Å². The van der Waals surface area contributed by atoms with Crippen LogP contribution in [-0.2, 0) is 24.3 Å². The summed E-state index contributed by atoms with van der Waals surface area (Å²) in [6, 6.07) is 5.90. The lowest BCUT2D eigenvalue weighted by atomic mass is 9.97. The molecule has 8 heteroatoms. The van der Waals surface area contributed by atoms with Crippen molar-refractivity contribution < 1.29 is 9.53 Å². The number of aryl methyl sites for hydroxylation is 1. The highest BCUT2D eigenvalue weighted by atomic mass is 16.5. The van der Waals surface area contributed by atoms with Crippen molar-refractivity contribution in [1.29, 1.82) is 5.26 Å². The van der Waals surface area contributed by atoms with Gasteiger partial charge in [0, 0.05) is 41.8 Å². The minimum atomic E-state index is -0.231. The highest BCUT2D eigenvalue weighted by Gasteiger charge is 2.23. The SMILES string of the molecule is Cc1cn(-c2ncc(CNCCc3ccc4c(c3C)COC4=O)cn2)nc1C#N. The second kappa shape index (κ2) is 7.81. The van der Waals surface area contributed by atoms with Crippen LogP contribution in [0.1, 0.15) is 43.9 Å². The second-order valence-electron chi connectivity index (χ2n) is 6.99. The van der Waals surface area contributed by atoms with Crippen molar-refractivity contribution in [3.63, 3.8) is 0 Å². The summed E-state index contributed by atoms with van der Waals surface area (Å²) in [6.07, 6.45) is 6.10. The fourth-order valence-electron chi connectivity index (χ4n) is 3.36. The third kappa shape index (κ3) is 3.73. The van der Waals surface area contributed by atoms with Crippen LogP contribution in [0, 0.1) is 25.2 Å². The number of nitrogens with one attached hydrogen (secondary N) is 1. The molecule has 0 aliphatic carbocycles. The van der Waals surface area contributed by atoms with Crippen molar-refractivity contribution in [2.45, 2.75) is 33.4 Å². The number of aromatic nitrogens is 4. The van der Waals surface area contributed by atoms with Gasteiger partial charge in [0.2, 0.25) is 5.95 Å². The number of esters is 1. The number of benzene rings is 1. The Labute approximate surface area is 168 Å². The summed E-state index contributed by atoms with van der Waals surface area (Å²) in [5.74, 6) is 0.203. The van der Waals surface area contributed by atoms with Crippen LogP contribution in [0.25, 0.3) is 5.95 Å². The highest BCUT2D eigenvalue weighted by Crippen LogP contribution is 2.26. The molecule has 0 bridgehead atoms. The number of carbonyl (C=O) groups excluding carboxylic acids is 1. The van der Waals surface area contributed by atoms with Crippen LogP contribution in [0.2, 0.25) is 0 Å². The molecular weight excluding hydrogens is 368 g/mol. The van der Waals surface area contributed by atoms with Crippen LogP contribution in [0.4, 0.5) is 0 Å². The molecule has 0 atom stereocenters. The normalized spacial score (nSPS) is 12.5. The fraction of sp³-hybridized carbons (Fsp3) is 0.286. The van der Waals surface area contributed by atoms with Crippen LogP contribution in [0.15, 0.2) is 30.7 Å². The summed E-state index contributed by atoms with van der Waals surface area (Å²) in [6.45, 7) is 5.68. The Bertz CT molecular complexity index is 1110. The van der Waals surface area contributed by atoms with Gasteiger partial charge in [0.15, 0.2) is 5.69 Å². The van der Waals surface area contributed by atoms with E-state index < -0.39 is 0 Å². The Balaban J connectivity index is 1.32. The smallest absolute Gasteiger partial charge is 0.338 e. The average molecular weight is 388 g/mol. The number of hydrogen-bond donors (Lipinski definition) is 1. The van der Waals surface area contributed by atoms with Gasteiger partial charge < -0.3 is 10.1 Å². The molecule has 0 spiro atoms. The van der Waals surface area contributed by atoms with Gasteiger partial charge in [0.1, 0.15) is 12.7 Å². The van der Waals surface area contributed by atoms with Gasteiger partial charge in [0.25, 0.3) is 0 Å². The third-order valence-electron chi connectivity index (χ3n) is 5.08. The van der Waals surface area contributed by atoms with Crippen LogP contribution in [0.3, 0.4) is 0 Å². The van der Waals surface area contributed by atoms with Crippen molar-refractivity contribution in [3.8, 4) is 12.0 Å². The van der Waals surface area contributed by atoms with Crippen molar-refractivity contribution in [2.24, 2.45) is 0 Å². The standard InChI is InChI=1S/C21H20N6O2/c1-13-11-27(26-19(13)7-22)21-24-9-15(10-25-21)8-23-6-5-16-3-4-17-18(14(16)2)12-29-20(17)28/h3-4,9-11,23H,5-6,8,12H2,1-2H3. The molecule has 1 aliphatic rings. The maximum atomic E-state index is 11.6. The first kappa shape index (κ1) is 18.8. The topological polar surface area (TPSA) is 106 Å². The molecule has 2 aromatic heterocycles. The Kier molecular flexibility index (Phi) is 5.06. The van der Waals surface area contributed by atoms with Crippen LogP contribution >= 0.6 is 0 Å². The van der Waals surface area contributed by atoms with Crippen LogP contribution in [0.5, 0.6) is 0 Å². The summed E-state index contributed by atoms with van der Waals surface area (Å²) < 4.78 is 6.62. The Morgan fingerprint density at radius 3 is 2.79 bits per heavy atom. The summed E-state index contributed by atoms with van der Waals surface area (Å²) in [4.78, 5) is 20.3. The largest absolute Gasteiger partial charge is 0.457 e. The van der Waals surface area contributed by atoms with E-state index in [4.69, 9.17) is 10.00 Å². The van der Waals surface area contributed by atoms with E-state index in [1.165, 1.54) is 10.2 Å². The zero-order valence-electron chi connectivity index (χ0n) is 16.3. The number of nitriles is 1. The van der Waals surface area contributed by atoms with Gasteiger partial charge in [-0.15, -0.1) is 0 Å². The number of ether oxygens (including phenoxy) is 1. The van der Waals surface area contributed by atoms with Gasteiger partial charge in [-0.25, -0.2) is 19.4 Å². The molecule has 1 aromatic carbocycles. The van der Waals surface area contributed by atoms with Crippen molar-refractivity contribution in [2.75, 3.05) is 6.54 Å². The minimum absolute atomic E-state index is 0.231. The predicted molar refractivity (Wildman–Crippen MR) is 104 cm³/mol. The zero-order chi connectivity index (χ0) is 20.4. The fourth-order valence-corrected chi connectivity index (χ4v) is 3.36. The lowest BCUT2D eigenvalue weighted by molar-refractivity contribution is 0.0535. The number of fused-ring (bicyclic) bond motifs is 1. The summed E-state index contributed by atoms with van der Waals surface area (Å²) in [7, 11) is 0. The molecule has 0 saturated heterocycles. The van der Waals surface area contributed by atoms with E-state index >= 15 is 0 Å². The third-order valence-corrected chi connectivity index (χ3v) is 5.08. The number of nitrogens with zero attached hydrogens (tertiary/aromatic N) is 5. The molecule has 0 radical (unpaired) electrons. The minimum Gasteiger partial charge on any atom is -0.457 e. The van der Waals surface area contributed by atoms with Gasteiger partial charge in [-0.3, -0.25) is 0 Å². The van der Waals surface area contributed by atoms with Crippen molar-refractivity contribution in [3.05, 3.63) is 69.8 Å². The van der Waals surface area contributed by atoms with Crippen molar-refractivity contribution in [1.82, 2.24) is 25.1 Å². The van der Waals surface area contributed by atoms with E-state index in [1.807, 2.05) is 32.0 Å². The molecule has 0 amide bonds. The first-order valence-electron chi connectivity index (χ1n) is 9.33. The molecule has 1 N–H and O–H groups in total. The van der Waals surface area contributed by atoms with Gasteiger partial charge in [0.05, 0.1) is 5.56 Å². The van der Waals surface area contributed by atoms with Gasteiger partial charge >= 0.3 is 5.97 Å². The lowest BCUT2D eigenvalue weighted by Crippen LogP contribution is -2.18. The number of hydrogen-bond acceptors (Lipinski definition) is 7. The predicted octanol–water partition coefficient (Wildman–Crippen LogP) is 2.15. The van der Waals surface area contributed by atoms with Gasteiger partial charge in [-0.2, -0.15) is 10.4 Å². The molecule has 3 aromatic rings. The molecule has 146 valence electrons. The molecule has 0 fully saturated rings. The molecular formula is C21H20N6O2. The van der Waals surface area contributed by atoms with Crippen molar-refractivity contribution >= 4 is 5.97 Å². The molecule has 29 heavy (non-hydrogen) atoms. The molecule has 3 heterocycles. The molecule has 4 rings (SSSR count). The second-order valence-corrected chi connectivity index (χ2v) is 6.99. The average Bonchev–Trinajstić information content (AvgIpc) is 3.30. The molecule has 1 aliphatic heterocycles. The van der Waals surface area contributed by atoms with E-state index in [2.05, 4.69) is 20.4 Å². The lowest BCUT2D eigenvalue weighted by Gasteiger charge is -2.10. The highest BCUT2D eigenvalue weighted by molar-refractivity contribution is 5.93. The molecule has 0 unspecified atom stereocenters. The van der Waals surface area contributed by atoms with E-state index in [9.17, 15) is 4.79 Å². The summed E-state index contributed by atoms with van der Waals surface area (Å²) in [5, 5.41) is 16.6. The zero-order valence-corrected chi connectivity index (χ0v) is 16.3. The first-order valence-corrected chi connectivity index (χ1v) is 9.33. The van der Waals surface area contributed by atoms with E-state index in [-0.39, 0.29) is 5.97 Å². The molecule has 0 saturated carbocycles. The number of rotatable bonds is 6. The quantitative estimate of drug-likeness (QED) is 0.509. The maximum Gasteiger partial charge on any atom is 0.338 e. The van der Waals surface area contributed by atoms with Gasteiger partial charge in [-0.1, -0.05) is 6.07 Å². The Morgan fingerprint density at radius 1 is 1.28 bits per heavy atom. The first-order chi connectivity index (χ1) is 14.1. The van der Waals surface area contributed by atoms with Crippen LogP contribution in [-0.4, -0.2) is 32.3 Å². The number of cyclic esters (lactones) is 1. The van der Waals surface area contributed by atoms with E-state index in [0.717, 1.165) is 35.2 Å². The monoisotopic (exact) mass is 388 g/mol. The Morgan fingerprint density at radius 2 is 2.07 bits per heavy atom. The van der Waals surface area contributed by atoms with Gasteiger partial charge in [-0.05, 0) is 44.0 Å². The van der Waals surface area contributed by atoms with E-state index in [1.54, 1.807) is 18.6 Å². The molecule has 8 nitrogen and oxygen atoms in total. The maximum absolute atomic E-state index is 11.6. The summed E-state index contributed by atoms with van der Waals surface area (Å²) >= 11 is 0. The number of carbonyl (C=O) groups is 1. The summed E-state index contributed by atoms with van der Waals surface area (Å²) in [5.41, 5.74) is 6.16. The van der Waals surface area contributed by atoms with Crippen LogP contribution < -0.4 is 5.32 Å².